The monoisotopic (exact) mass is 658 g/mol. The first-order valence-corrected chi connectivity index (χ1v) is 19.6. The van der Waals surface area contributed by atoms with Crippen molar-refractivity contribution < 1.29 is 0 Å². The van der Waals surface area contributed by atoms with Crippen LogP contribution in [0.5, 0.6) is 0 Å². The van der Waals surface area contributed by atoms with Crippen molar-refractivity contribution in [2.24, 2.45) is 17.8 Å². The van der Waals surface area contributed by atoms with E-state index in [2.05, 4.69) is 145 Å². The van der Waals surface area contributed by atoms with Crippen LogP contribution in [0.25, 0.3) is 11.1 Å². The molecule has 256 valence electrons. The lowest BCUT2D eigenvalue weighted by Crippen LogP contribution is -2.47. The van der Waals surface area contributed by atoms with Gasteiger partial charge >= 0.3 is 0 Å². The second-order valence-electron chi connectivity index (χ2n) is 15.4. The highest BCUT2D eigenvalue weighted by atomic mass is 15.2. The molecule has 6 aliphatic rings. The van der Waals surface area contributed by atoms with Crippen LogP contribution in [0.4, 0.5) is 5.69 Å². The topological polar surface area (TPSA) is 15.3 Å². The number of benzene rings is 2. The molecule has 50 heavy (non-hydrogen) atoms. The van der Waals surface area contributed by atoms with Gasteiger partial charge in [-0.3, -0.25) is 0 Å². The number of rotatable bonds is 7. The zero-order valence-electron chi connectivity index (χ0n) is 29.9. The zero-order valence-corrected chi connectivity index (χ0v) is 29.9. The summed E-state index contributed by atoms with van der Waals surface area (Å²) < 4.78 is 0. The summed E-state index contributed by atoms with van der Waals surface area (Å²) in [4.78, 5) is 2.77. The number of nitrogens with zero attached hydrogens (tertiary/aromatic N) is 1. The fourth-order valence-corrected chi connectivity index (χ4v) is 9.42. The van der Waals surface area contributed by atoms with Crippen molar-refractivity contribution >= 4 is 16.8 Å². The van der Waals surface area contributed by atoms with Crippen LogP contribution in [0.2, 0.25) is 0 Å². The molecule has 5 unspecified atom stereocenters. The molecule has 1 heterocycles. The van der Waals surface area contributed by atoms with E-state index in [9.17, 15) is 0 Å². The quantitative estimate of drug-likeness (QED) is 0.298. The van der Waals surface area contributed by atoms with Gasteiger partial charge in [-0.1, -0.05) is 122 Å². The third kappa shape index (κ3) is 7.27. The Morgan fingerprint density at radius 2 is 1.68 bits per heavy atom. The Kier molecular flexibility index (Phi) is 10.1. The molecule has 2 aromatic carbocycles. The molecule has 1 saturated carbocycles. The molecule has 5 aliphatic carbocycles. The van der Waals surface area contributed by atoms with E-state index in [-0.39, 0.29) is 0 Å². The van der Waals surface area contributed by atoms with Gasteiger partial charge in [0.25, 0.3) is 0 Å². The lowest BCUT2D eigenvalue weighted by atomic mass is 9.69. The van der Waals surface area contributed by atoms with Gasteiger partial charge < -0.3 is 10.2 Å². The van der Waals surface area contributed by atoms with E-state index >= 15 is 0 Å². The summed E-state index contributed by atoms with van der Waals surface area (Å²) in [6.45, 7) is 3.57. The number of allylic oxidation sites excluding steroid dienone is 16. The maximum atomic E-state index is 3.91. The Labute approximate surface area is 301 Å². The van der Waals surface area contributed by atoms with Crippen LogP contribution in [0.15, 0.2) is 144 Å². The van der Waals surface area contributed by atoms with E-state index in [1.165, 1.54) is 77.0 Å². The highest BCUT2D eigenvalue weighted by Crippen LogP contribution is 2.45. The molecule has 1 aliphatic heterocycles. The van der Waals surface area contributed by atoms with Crippen LogP contribution in [0.1, 0.15) is 100 Å². The minimum absolute atomic E-state index is 0.506. The van der Waals surface area contributed by atoms with Gasteiger partial charge in [0.1, 0.15) is 0 Å². The van der Waals surface area contributed by atoms with Gasteiger partial charge in [0.15, 0.2) is 0 Å². The van der Waals surface area contributed by atoms with Crippen molar-refractivity contribution in [3.8, 4) is 0 Å². The maximum Gasteiger partial charge on any atom is 0.0369 e. The van der Waals surface area contributed by atoms with Crippen molar-refractivity contribution in [2.75, 3.05) is 11.4 Å². The second kappa shape index (κ2) is 15.3. The van der Waals surface area contributed by atoms with Crippen molar-refractivity contribution in [2.45, 2.75) is 89.5 Å². The molecule has 1 N–H and O–H groups in total. The first kappa shape index (κ1) is 32.9. The fraction of sp³-hybridized carbons (Fsp3) is 0.375. The Morgan fingerprint density at radius 1 is 0.780 bits per heavy atom. The first-order chi connectivity index (χ1) is 24.7. The van der Waals surface area contributed by atoms with E-state index in [1.54, 1.807) is 5.57 Å². The number of nitrogens with one attached hydrogen (secondary N) is 1. The summed E-state index contributed by atoms with van der Waals surface area (Å²) >= 11 is 0. The Morgan fingerprint density at radius 3 is 2.54 bits per heavy atom. The van der Waals surface area contributed by atoms with E-state index in [0.717, 1.165) is 45.1 Å². The first-order valence-electron chi connectivity index (χ1n) is 19.6. The van der Waals surface area contributed by atoms with Gasteiger partial charge in [0.05, 0.1) is 0 Å². The highest BCUT2D eigenvalue weighted by molar-refractivity contribution is 5.78. The van der Waals surface area contributed by atoms with Crippen LogP contribution in [-0.4, -0.2) is 12.6 Å². The van der Waals surface area contributed by atoms with Crippen LogP contribution in [0, 0.1) is 17.8 Å². The van der Waals surface area contributed by atoms with E-state index in [4.69, 9.17) is 0 Å². The molecule has 2 nitrogen and oxygen atoms in total. The minimum atomic E-state index is 0.506. The maximum absolute atomic E-state index is 3.91. The summed E-state index contributed by atoms with van der Waals surface area (Å²) in [6, 6.07) is 19.6. The normalized spacial score (nSPS) is 28.6. The van der Waals surface area contributed by atoms with E-state index in [1.807, 2.05) is 0 Å². The van der Waals surface area contributed by atoms with Crippen molar-refractivity contribution in [1.29, 1.82) is 0 Å². The Balaban J connectivity index is 1.01. The Bertz CT molecular complexity index is 1820. The standard InChI is InChI=1S/C48H54N2/c1-35-14-10-11-31-50(44-28-25-38(26-29-44)36-15-4-2-5-16-36)48-30-27-41(34-46(35)48)39-19-12-21-42(32-39)45-23-8-9-24-47(45)49-43-22-13-20-40(33-43)37-17-6-3-7-18-37/h3-4,6,8,10,12-17,19,21-23,25-26,28-29,32-33,35,40-41,46,48-49H,2,5,7,9,11,18,20,24,27,30-31,34H2,1H3/b14-10-. The minimum Gasteiger partial charge on any atom is -0.368 e. The third-order valence-corrected chi connectivity index (χ3v) is 12.2. The summed E-state index contributed by atoms with van der Waals surface area (Å²) in [5, 5.41) is 3.91. The van der Waals surface area contributed by atoms with Gasteiger partial charge in [-0.15, -0.1) is 0 Å². The van der Waals surface area contributed by atoms with Gasteiger partial charge in [-0.2, -0.15) is 0 Å². The molecule has 0 bridgehead atoms. The number of anilines is 1. The van der Waals surface area contributed by atoms with Crippen molar-refractivity contribution in [3.05, 3.63) is 161 Å². The van der Waals surface area contributed by atoms with Crippen LogP contribution in [0.3, 0.4) is 0 Å². The summed E-state index contributed by atoms with van der Waals surface area (Å²) in [7, 11) is 0. The average Bonchev–Trinajstić information content (AvgIpc) is 3.18. The molecule has 0 spiro atoms. The molecule has 2 heteroatoms. The second-order valence-corrected chi connectivity index (χ2v) is 15.4. The molecule has 0 amide bonds. The van der Waals surface area contributed by atoms with E-state index in [0.29, 0.717) is 29.7 Å². The van der Waals surface area contributed by atoms with Crippen LogP contribution < -0.4 is 10.2 Å². The Hall–Kier alpha value is -4.30. The highest BCUT2D eigenvalue weighted by Gasteiger charge is 2.38. The number of hydrogen-bond donors (Lipinski definition) is 1. The predicted molar refractivity (Wildman–Crippen MR) is 214 cm³/mol. The average molecular weight is 659 g/mol. The largest absolute Gasteiger partial charge is 0.368 e. The predicted octanol–water partition coefficient (Wildman–Crippen LogP) is 12.2. The molecular formula is C48H54N2. The lowest BCUT2D eigenvalue weighted by molar-refractivity contribution is 0.221. The number of hydrogen-bond acceptors (Lipinski definition) is 2. The molecule has 1 fully saturated rings. The van der Waals surface area contributed by atoms with Crippen molar-refractivity contribution in [1.82, 2.24) is 5.32 Å². The smallest absolute Gasteiger partial charge is 0.0369 e. The van der Waals surface area contributed by atoms with Gasteiger partial charge in [0.2, 0.25) is 0 Å². The molecule has 0 radical (unpaired) electrons. The molecule has 8 rings (SSSR count). The van der Waals surface area contributed by atoms with Crippen LogP contribution >= 0.6 is 0 Å². The molecular weight excluding hydrogens is 605 g/mol. The third-order valence-electron chi connectivity index (χ3n) is 12.2. The number of fused-ring (bicyclic) bond motifs is 1. The zero-order chi connectivity index (χ0) is 33.7. The molecule has 5 atom stereocenters. The van der Waals surface area contributed by atoms with Gasteiger partial charge in [0, 0.05) is 41.2 Å². The van der Waals surface area contributed by atoms with E-state index < -0.39 is 0 Å². The van der Waals surface area contributed by atoms with Crippen LogP contribution in [-0.2, 0) is 0 Å². The molecule has 2 aromatic rings. The summed E-state index contributed by atoms with van der Waals surface area (Å²) in [5.41, 5.74) is 12.5. The molecule has 0 saturated heterocycles. The summed E-state index contributed by atoms with van der Waals surface area (Å²) in [5.74, 6) is 2.31. The van der Waals surface area contributed by atoms with Gasteiger partial charge in [-0.25, -0.2) is 0 Å². The van der Waals surface area contributed by atoms with Crippen molar-refractivity contribution in [3.63, 3.8) is 0 Å². The fourth-order valence-electron chi connectivity index (χ4n) is 9.42. The summed E-state index contributed by atoms with van der Waals surface area (Å²) in [6.07, 6.45) is 43.4. The lowest BCUT2D eigenvalue weighted by Gasteiger charge is -2.46. The van der Waals surface area contributed by atoms with Gasteiger partial charge in [-0.05, 0) is 129 Å². The SMILES string of the molecule is CC1/C=C\CCN(c2ccc(C3=CCCC=C3)cc2)C2CCC(c3cccc(C4=C(NC5=CC(C6=CC=CCC6)CC=C5)CCC=C4)c3)CC12. The molecule has 0 aromatic heterocycles.